The van der Waals surface area contributed by atoms with Gasteiger partial charge in [-0.15, -0.1) is 0 Å². The van der Waals surface area contributed by atoms with Crippen LogP contribution in [0.1, 0.15) is 18.4 Å². The minimum absolute atomic E-state index is 0.517. The summed E-state index contributed by atoms with van der Waals surface area (Å²) in [6, 6.07) is 12.1. The lowest BCUT2D eigenvalue weighted by atomic mass is 10.0. The number of ether oxygens (including phenoxy) is 1. The van der Waals surface area contributed by atoms with Gasteiger partial charge in [-0.2, -0.15) is 5.26 Å². The molecule has 1 aliphatic rings. The van der Waals surface area contributed by atoms with Gasteiger partial charge in [0.2, 0.25) is 0 Å². The van der Waals surface area contributed by atoms with Crippen LogP contribution in [-0.2, 0) is 4.74 Å². The Bertz CT molecular complexity index is 671. The topological polar surface area (TPSA) is 49.1 Å². The molecule has 21 heavy (non-hydrogen) atoms. The lowest BCUT2D eigenvalue weighted by Crippen LogP contribution is -2.31. The van der Waals surface area contributed by atoms with Gasteiger partial charge in [0.1, 0.15) is 11.9 Å². The van der Waals surface area contributed by atoms with Gasteiger partial charge in [0.05, 0.1) is 17.7 Å². The Kier molecular flexibility index (Phi) is 4.03. The Morgan fingerprint density at radius 2 is 2.29 bits per heavy atom. The number of nitriles is 1. The maximum absolute atomic E-state index is 9.39. The van der Waals surface area contributed by atoms with E-state index < -0.39 is 0 Å². The van der Waals surface area contributed by atoms with Gasteiger partial charge in [0, 0.05) is 25.6 Å². The van der Waals surface area contributed by atoms with E-state index >= 15 is 0 Å². The van der Waals surface area contributed by atoms with Crippen molar-refractivity contribution in [3.8, 4) is 6.07 Å². The van der Waals surface area contributed by atoms with Crippen molar-refractivity contribution in [1.82, 2.24) is 4.98 Å². The number of para-hydroxylation sites is 1. The van der Waals surface area contributed by atoms with Crippen LogP contribution in [0.2, 0.25) is 0 Å². The molecule has 4 heteroatoms. The summed E-state index contributed by atoms with van der Waals surface area (Å²) in [7, 11) is 2.01. The lowest BCUT2D eigenvalue weighted by molar-refractivity contribution is 0.0576. The molecule has 1 aromatic heterocycles. The van der Waals surface area contributed by atoms with Crippen LogP contribution < -0.4 is 4.90 Å². The van der Waals surface area contributed by atoms with Gasteiger partial charge in [-0.3, -0.25) is 0 Å². The third-order valence-corrected chi connectivity index (χ3v) is 3.97. The van der Waals surface area contributed by atoms with E-state index in [1.165, 1.54) is 6.42 Å². The van der Waals surface area contributed by atoms with Crippen LogP contribution in [0.5, 0.6) is 0 Å². The molecule has 108 valence electrons. The highest BCUT2D eigenvalue weighted by Crippen LogP contribution is 2.24. The van der Waals surface area contributed by atoms with E-state index in [0.717, 1.165) is 42.9 Å². The molecule has 0 aliphatic carbocycles. The van der Waals surface area contributed by atoms with Crippen LogP contribution in [-0.4, -0.2) is 31.8 Å². The zero-order valence-electron chi connectivity index (χ0n) is 12.2. The normalized spacial score (nSPS) is 18.4. The van der Waals surface area contributed by atoms with E-state index in [9.17, 15) is 5.26 Å². The fraction of sp³-hybridized carbons (Fsp3) is 0.412. The monoisotopic (exact) mass is 281 g/mol. The first-order valence-corrected chi connectivity index (χ1v) is 7.36. The molecule has 1 aromatic carbocycles. The summed E-state index contributed by atoms with van der Waals surface area (Å²) in [6.45, 7) is 2.55. The maximum Gasteiger partial charge on any atom is 0.147 e. The zero-order valence-corrected chi connectivity index (χ0v) is 12.2. The predicted octanol–water partition coefficient (Wildman–Crippen LogP) is 2.97. The van der Waals surface area contributed by atoms with Gasteiger partial charge >= 0.3 is 0 Å². The molecule has 1 saturated heterocycles. The minimum atomic E-state index is 0.517. The second-order valence-electron chi connectivity index (χ2n) is 5.63. The van der Waals surface area contributed by atoms with Crippen molar-refractivity contribution in [2.75, 3.05) is 31.7 Å². The number of hydrogen-bond acceptors (Lipinski definition) is 4. The van der Waals surface area contributed by atoms with Gasteiger partial charge < -0.3 is 9.64 Å². The minimum Gasteiger partial charge on any atom is -0.381 e. The summed E-state index contributed by atoms with van der Waals surface area (Å²) >= 11 is 0. The molecule has 0 amide bonds. The molecule has 2 aromatic rings. The fourth-order valence-corrected chi connectivity index (χ4v) is 2.90. The maximum atomic E-state index is 9.39. The number of fused-ring (bicyclic) bond motifs is 1. The third kappa shape index (κ3) is 2.98. The van der Waals surface area contributed by atoms with Crippen LogP contribution >= 0.6 is 0 Å². The van der Waals surface area contributed by atoms with Gasteiger partial charge in [-0.05, 0) is 30.9 Å². The average Bonchev–Trinajstić information content (AvgIpc) is 2.54. The van der Waals surface area contributed by atoms with Crippen molar-refractivity contribution in [3.63, 3.8) is 0 Å². The van der Waals surface area contributed by atoms with Crippen molar-refractivity contribution in [2.45, 2.75) is 12.8 Å². The number of aromatic nitrogens is 1. The summed E-state index contributed by atoms with van der Waals surface area (Å²) in [6.07, 6.45) is 2.30. The summed E-state index contributed by atoms with van der Waals surface area (Å²) in [5.41, 5.74) is 1.56. The average molecular weight is 281 g/mol. The molecule has 3 rings (SSSR count). The Morgan fingerprint density at radius 1 is 1.43 bits per heavy atom. The first-order valence-electron chi connectivity index (χ1n) is 7.36. The third-order valence-electron chi connectivity index (χ3n) is 3.97. The van der Waals surface area contributed by atoms with E-state index in [0.29, 0.717) is 11.5 Å². The molecule has 1 fully saturated rings. The van der Waals surface area contributed by atoms with Crippen molar-refractivity contribution in [3.05, 3.63) is 35.9 Å². The Labute approximate surface area is 125 Å². The highest BCUT2D eigenvalue weighted by atomic mass is 16.5. The summed E-state index contributed by atoms with van der Waals surface area (Å²) in [5.74, 6) is 1.28. The van der Waals surface area contributed by atoms with E-state index in [1.54, 1.807) is 0 Å². The lowest BCUT2D eigenvalue weighted by Gasteiger charge is -2.28. The first kappa shape index (κ1) is 13.8. The van der Waals surface area contributed by atoms with Crippen molar-refractivity contribution < 1.29 is 4.74 Å². The molecule has 0 saturated carbocycles. The van der Waals surface area contributed by atoms with E-state index in [-0.39, 0.29) is 0 Å². The second kappa shape index (κ2) is 6.11. The van der Waals surface area contributed by atoms with E-state index in [1.807, 2.05) is 37.4 Å². The van der Waals surface area contributed by atoms with Gasteiger partial charge in [0.15, 0.2) is 0 Å². The van der Waals surface area contributed by atoms with Crippen LogP contribution in [0.4, 0.5) is 5.82 Å². The fourth-order valence-electron chi connectivity index (χ4n) is 2.90. The number of hydrogen-bond donors (Lipinski definition) is 0. The molecule has 0 radical (unpaired) electrons. The predicted molar refractivity (Wildman–Crippen MR) is 83.3 cm³/mol. The van der Waals surface area contributed by atoms with Gasteiger partial charge in [-0.1, -0.05) is 18.2 Å². The van der Waals surface area contributed by atoms with Gasteiger partial charge in [-0.25, -0.2) is 4.98 Å². The smallest absolute Gasteiger partial charge is 0.147 e. The number of rotatable bonds is 3. The van der Waals surface area contributed by atoms with Crippen LogP contribution in [0.15, 0.2) is 30.3 Å². The molecule has 1 aliphatic heterocycles. The highest BCUT2D eigenvalue weighted by molar-refractivity contribution is 5.83. The van der Waals surface area contributed by atoms with Crippen molar-refractivity contribution >= 4 is 16.7 Å². The summed E-state index contributed by atoms with van der Waals surface area (Å²) in [5, 5.41) is 10.4. The Balaban J connectivity index is 1.89. The molecular formula is C17H19N3O. The number of pyridine rings is 1. The van der Waals surface area contributed by atoms with Gasteiger partial charge in [0.25, 0.3) is 0 Å². The molecule has 0 N–H and O–H groups in total. The molecule has 4 nitrogen and oxygen atoms in total. The molecule has 1 unspecified atom stereocenters. The van der Waals surface area contributed by atoms with E-state index in [2.05, 4.69) is 16.0 Å². The SMILES string of the molecule is CN(CC1CCCOC1)c1nc2ccccc2cc1C#N. The largest absolute Gasteiger partial charge is 0.381 e. The zero-order chi connectivity index (χ0) is 14.7. The Morgan fingerprint density at radius 3 is 3.05 bits per heavy atom. The number of benzene rings is 1. The van der Waals surface area contributed by atoms with Crippen molar-refractivity contribution in [1.29, 1.82) is 5.26 Å². The van der Waals surface area contributed by atoms with Crippen molar-refractivity contribution in [2.24, 2.45) is 5.92 Å². The standard InChI is InChI=1S/C17H19N3O/c1-20(11-13-5-4-8-21-12-13)17-15(10-18)9-14-6-2-3-7-16(14)19-17/h2-3,6-7,9,13H,4-5,8,11-12H2,1H3. The number of anilines is 1. The molecular weight excluding hydrogens is 262 g/mol. The van der Waals surface area contributed by atoms with Crippen LogP contribution in [0.25, 0.3) is 10.9 Å². The molecule has 0 bridgehead atoms. The first-order chi connectivity index (χ1) is 10.3. The summed E-state index contributed by atoms with van der Waals surface area (Å²) < 4.78 is 5.53. The highest BCUT2D eigenvalue weighted by Gasteiger charge is 2.18. The quantitative estimate of drug-likeness (QED) is 0.868. The van der Waals surface area contributed by atoms with E-state index in [4.69, 9.17) is 4.74 Å². The Hall–Kier alpha value is -2.12. The van der Waals surface area contributed by atoms with Crippen LogP contribution in [0.3, 0.4) is 0 Å². The molecule has 1 atom stereocenters. The molecule has 0 spiro atoms. The second-order valence-corrected chi connectivity index (χ2v) is 5.63. The number of nitrogens with zero attached hydrogens (tertiary/aromatic N) is 3. The van der Waals surface area contributed by atoms with Crippen LogP contribution in [0, 0.1) is 17.2 Å². The summed E-state index contributed by atoms with van der Waals surface area (Å²) in [4.78, 5) is 6.76. The molecule has 2 heterocycles.